The zero-order valence-corrected chi connectivity index (χ0v) is 11.3. The van der Waals surface area contributed by atoms with Crippen molar-refractivity contribution in [3.63, 3.8) is 0 Å². The van der Waals surface area contributed by atoms with Crippen molar-refractivity contribution in [2.75, 3.05) is 18.9 Å². The summed E-state index contributed by atoms with van der Waals surface area (Å²) in [6.45, 7) is 3.40. The molecule has 1 aliphatic heterocycles. The third-order valence-corrected chi connectivity index (χ3v) is 3.44. The summed E-state index contributed by atoms with van der Waals surface area (Å²) in [4.78, 5) is 11.9. The van der Waals surface area contributed by atoms with Crippen molar-refractivity contribution in [3.05, 3.63) is 29.8 Å². The van der Waals surface area contributed by atoms with Crippen LogP contribution in [0.2, 0.25) is 0 Å². The minimum Gasteiger partial charge on any atom is -0.462 e. The van der Waals surface area contributed by atoms with Gasteiger partial charge in [0.05, 0.1) is 19.6 Å². The van der Waals surface area contributed by atoms with Gasteiger partial charge in [-0.1, -0.05) is 19.1 Å². The van der Waals surface area contributed by atoms with E-state index in [1.54, 1.807) is 0 Å². The molecule has 4 heteroatoms. The summed E-state index contributed by atoms with van der Waals surface area (Å²) in [6, 6.07) is 7.63. The molecule has 0 spiro atoms. The van der Waals surface area contributed by atoms with E-state index < -0.39 is 0 Å². The lowest BCUT2D eigenvalue weighted by atomic mass is 9.97. The Morgan fingerprint density at radius 3 is 2.63 bits per heavy atom. The van der Waals surface area contributed by atoms with Crippen molar-refractivity contribution in [3.8, 4) is 0 Å². The molecule has 1 aromatic carbocycles. The third kappa shape index (κ3) is 4.24. The largest absolute Gasteiger partial charge is 0.462 e. The molecule has 1 unspecified atom stereocenters. The van der Waals surface area contributed by atoms with E-state index in [0.29, 0.717) is 19.6 Å². The summed E-state index contributed by atoms with van der Waals surface area (Å²) >= 11 is 0. The third-order valence-electron chi connectivity index (χ3n) is 3.44. The number of benzene rings is 1. The van der Waals surface area contributed by atoms with Crippen molar-refractivity contribution in [1.82, 2.24) is 0 Å². The first kappa shape index (κ1) is 13.9. The molecule has 0 bridgehead atoms. The van der Waals surface area contributed by atoms with Crippen LogP contribution in [0.5, 0.6) is 0 Å². The molecule has 0 saturated carbocycles. The Bertz CT molecular complexity index is 410. The van der Waals surface area contributed by atoms with Crippen molar-refractivity contribution in [1.29, 1.82) is 0 Å². The number of anilines is 1. The van der Waals surface area contributed by atoms with Crippen LogP contribution in [0.3, 0.4) is 0 Å². The van der Waals surface area contributed by atoms with E-state index in [9.17, 15) is 4.79 Å². The summed E-state index contributed by atoms with van der Waals surface area (Å²) in [5, 5.41) is 0. The number of hydrogen-bond acceptors (Lipinski definition) is 4. The monoisotopic (exact) mass is 263 g/mol. The van der Waals surface area contributed by atoms with Crippen LogP contribution in [0.25, 0.3) is 0 Å². The quantitative estimate of drug-likeness (QED) is 0.669. The highest BCUT2D eigenvalue weighted by atomic mass is 16.6. The standard InChI is InChI=1S/C15H21NO3/c1-11(12-2-4-13(16)5-3-12)10-15(17)19-14-6-8-18-9-7-14/h2-5,11,14H,6-10,16H2,1H3. The van der Waals surface area contributed by atoms with Gasteiger partial charge in [-0.05, 0) is 23.6 Å². The van der Waals surface area contributed by atoms with Gasteiger partial charge in [0.1, 0.15) is 6.10 Å². The molecule has 0 aliphatic carbocycles. The fraction of sp³-hybridized carbons (Fsp3) is 0.533. The minimum absolute atomic E-state index is 0.0277. The Balaban J connectivity index is 1.82. The first-order valence-corrected chi connectivity index (χ1v) is 6.78. The lowest BCUT2D eigenvalue weighted by molar-refractivity contribution is -0.153. The zero-order valence-electron chi connectivity index (χ0n) is 11.3. The Kier molecular flexibility index (Phi) is 4.80. The average molecular weight is 263 g/mol. The fourth-order valence-electron chi connectivity index (χ4n) is 2.22. The molecule has 1 heterocycles. The smallest absolute Gasteiger partial charge is 0.306 e. The number of hydrogen-bond donors (Lipinski definition) is 1. The highest BCUT2D eigenvalue weighted by Crippen LogP contribution is 2.21. The van der Waals surface area contributed by atoms with Gasteiger partial charge in [-0.2, -0.15) is 0 Å². The molecule has 0 amide bonds. The van der Waals surface area contributed by atoms with Crippen molar-refractivity contribution in [2.24, 2.45) is 0 Å². The molecular formula is C15H21NO3. The van der Waals surface area contributed by atoms with E-state index in [1.807, 2.05) is 31.2 Å². The second-order valence-electron chi connectivity index (χ2n) is 5.07. The van der Waals surface area contributed by atoms with Crippen LogP contribution in [0.1, 0.15) is 37.7 Å². The number of esters is 1. The van der Waals surface area contributed by atoms with E-state index in [0.717, 1.165) is 24.1 Å². The molecule has 1 aromatic rings. The molecular weight excluding hydrogens is 242 g/mol. The van der Waals surface area contributed by atoms with Crippen LogP contribution >= 0.6 is 0 Å². The summed E-state index contributed by atoms with van der Waals surface area (Å²) < 4.78 is 10.7. The minimum atomic E-state index is -0.128. The number of rotatable bonds is 4. The van der Waals surface area contributed by atoms with Gasteiger partial charge in [0.2, 0.25) is 0 Å². The van der Waals surface area contributed by atoms with Gasteiger partial charge >= 0.3 is 5.97 Å². The predicted octanol–water partition coefficient (Wildman–Crippen LogP) is 2.48. The number of carbonyl (C=O) groups is 1. The van der Waals surface area contributed by atoms with Gasteiger partial charge in [0.15, 0.2) is 0 Å². The number of ether oxygens (including phenoxy) is 2. The summed E-state index contributed by atoms with van der Waals surface area (Å²) in [5.41, 5.74) is 7.49. The van der Waals surface area contributed by atoms with E-state index in [4.69, 9.17) is 15.2 Å². The molecule has 0 aromatic heterocycles. The fourth-order valence-corrected chi connectivity index (χ4v) is 2.22. The normalized spacial score (nSPS) is 17.9. The summed E-state index contributed by atoms with van der Waals surface area (Å²) in [6.07, 6.45) is 2.05. The van der Waals surface area contributed by atoms with Gasteiger partial charge in [-0.25, -0.2) is 0 Å². The van der Waals surface area contributed by atoms with Crippen molar-refractivity contribution < 1.29 is 14.3 Å². The van der Waals surface area contributed by atoms with Gasteiger partial charge in [0, 0.05) is 18.5 Å². The number of nitrogen functional groups attached to an aromatic ring is 1. The van der Waals surface area contributed by atoms with Crippen LogP contribution < -0.4 is 5.73 Å². The van der Waals surface area contributed by atoms with E-state index in [2.05, 4.69) is 0 Å². The molecule has 1 aliphatic rings. The highest BCUT2D eigenvalue weighted by Gasteiger charge is 2.19. The zero-order chi connectivity index (χ0) is 13.7. The Labute approximate surface area is 113 Å². The molecule has 19 heavy (non-hydrogen) atoms. The van der Waals surface area contributed by atoms with Gasteiger partial charge in [-0.3, -0.25) is 4.79 Å². The van der Waals surface area contributed by atoms with E-state index >= 15 is 0 Å². The van der Waals surface area contributed by atoms with Crippen molar-refractivity contribution >= 4 is 11.7 Å². The lowest BCUT2D eigenvalue weighted by Gasteiger charge is -2.23. The second-order valence-corrected chi connectivity index (χ2v) is 5.07. The first-order chi connectivity index (χ1) is 9.15. The number of nitrogens with two attached hydrogens (primary N) is 1. The first-order valence-electron chi connectivity index (χ1n) is 6.78. The average Bonchev–Trinajstić information content (AvgIpc) is 2.40. The van der Waals surface area contributed by atoms with Crippen LogP contribution in [0, 0.1) is 0 Å². The van der Waals surface area contributed by atoms with E-state index in [1.165, 1.54) is 0 Å². The maximum atomic E-state index is 11.9. The summed E-state index contributed by atoms with van der Waals surface area (Å²) in [5.74, 6) is 0.0177. The lowest BCUT2D eigenvalue weighted by Crippen LogP contribution is -2.26. The van der Waals surface area contributed by atoms with Crippen LogP contribution in [-0.4, -0.2) is 25.3 Å². The maximum Gasteiger partial charge on any atom is 0.306 e. The van der Waals surface area contributed by atoms with Gasteiger partial charge in [-0.15, -0.1) is 0 Å². The molecule has 1 saturated heterocycles. The van der Waals surface area contributed by atoms with Gasteiger partial charge < -0.3 is 15.2 Å². The maximum absolute atomic E-state index is 11.9. The second kappa shape index (κ2) is 6.57. The van der Waals surface area contributed by atoms with Crippen molar-refractivity contribution in [2.45, 2.75) is 38.2 Å². The molecule has 0 radical (unpaired) electrons. The van der Waals surface area contributed by atoms with Crippen LogP contribution in [0.15, 0.2) is 24.3 Å². The molecule has 2 N–H and O–H groups in total. The van der Waals surface area contributed by atoms with Crippen LogP contribution in [0.4, 0.5) is 5.69 Å². The Hall–Kier alpha value is -1.55. The summed E-state index contributed by atoms with van der Waals surface area (Å²) in [7, 11) is 0. The molecule has 1 fully saturated rings. The Morgan fingerprint density at radius 1 is 1.37 bits per heavy atom. The van der Waals surface area contributed by atoms with Gasteiger partial charge in [0.25, 0.3) is 0 Å². The number of carbonyl (C=O) groups excluding carboxylic acids is 1. The molecule has 2 rings (SSSR count). The molecule has 1 atom stereocenters. The predicted molar refractivity (Wildman–Crippen MR) is 73.8 cm³/mol. The topological polar surface area (TPSA) is 61.5 Å². The SMILES string of the molecule is CC(CC(=O)OC1CCOCC1)c1ccc(N)cc1. The highest BCUT2D eigenvalue weighted by molar-refractivity contribution is 5.70. The molecule has 104 valence electrons. The van der Waals surface area contributed by atoms with Crippen LogP contribution in [-0.2, 0) is 14.3 Å². The van der Waals surface area contributed by atoms with E-state index in [-0.39, 0.29) is 18.0 Å². The Morgan fingerprint density at radius 2 is 2.00 bits per heavy atom. The molecule has 4 nitrogen and oxygen atoms in total.